The Morgan fingerprint density at radius 3 is 2.49 bits per heavy atom. The van der Waals surface area contributed by atoms with Crippen molar-refractivity contribution in [3.05, 3.63) is 36.4 Å². The lowest BCUT2D eigenvalue weighted by molar-refractivity contribution is -0.138. The van der Waals surface area contributed by atoms with E-state index in [0.717, 1.165) is 49.1 Å². The van der Waals surface area contributed by atoms with Crippen LogP contribution in [0.15, 0.2) is 36.4 Å². The van der Waals surface area contributed by atoms with Gasteiger partial charge in [-0.1, -0.05) is 43.5 Å². The van der Waals surface area contributed by atoms with Gasteiger partial charge in [0.15, 0.2) is 0 Å². The van der Waals surface area contributed by atoms with Crippen LogP contribution in [0.25, 0.3) is 11.0 Å². The van der Waals surface area contributed by atoms with Gasteiger partial charge in [-0.2, -0.15) is 0 Å². The number of aliphatic carboxylic acids is 1. The Balaban J connectivity index is 1.22. The van der Waals surface area contributed by atoms with Crippen molar-refractivity contribution in [3.8, 4) is 0 Å². The number of carboxylic acid groups (broad SMARTS) is 1. The molecule has 2 saturated carbocycles. The number of aromatic nitrogens is 2. The minimum atomic E-state index is -0.719. The first kappa shape index (κ1) is 23.8. The second-order valence-electron chi connectivity index (χ2n) is 12.8. The van der Waals surface area contributed by atoms with Gasteiger partial charge >= 0.3 is 5.97 Å². The van der Waals surface area contributed by atoms with E-state index in [2.05, 4.69) is 45.2 Å². The molecular formula is C31H42N4O2. The van der Waals surface area contributed by atoms with Gasteiger partial charge in [0, 0.05) is 30.7 Å². The number of imidazole rings is 1. The van der Waals surface area contributed by atoms with E-state index in [-0.39, 0.29) is 0 Å². The average Bonchev–Trinajstić information content (AvgIpc) is 3.42. The van der Waals surface area contributed by atoms with Crippen molar-refractivity contribution in [2.45, 2.75) is 114 Å². The smallest absolute Gasteiger partial charge is 0.326 e. The number of carboxylic acids is 1. The lowest BCUT2D eigenvalue weighted by atomic mass is 9.77. The number of fused-ring (bicyclic) bond motifs is 6. The van der Waals surface area contributed by atoms with Gasteiger partial charge in [0.2, 0.25) is 5.95 Å². The van der Waals surface area contributed by atoms with Crippen molar-refractivity contribution in [2.75, 3.05) is 11.4 Å². The molecule has 3 saturated heterocycles. The van der Waals surface area contributed by atoms with Gasteiger partial charge in [-0.3, -0.25) is 4.90 Å². The van der Waals surface area contributed by atoms with Crippen molar-refractivity contribution >= 4 is 23.0 Å². The summed E-state index contributed by atoms with van der Waals surface area (Å²) in [6.07, 6.45) is 15.9. The van der Waals surface area contributed by atoms with E-state index in [4.69, 9.17) is 4.98 Å². The van der Waals surface area contributed by atoms with Gasteiger partial charge in [-0.05, 0) is 88.2 Å². The number of nitrogens with zero attached hydrogens (tertiary/aromatic N) is 4. The van der Waals surface area contributed by atoms with Crippen molar-refractivity contribution in [1.29, 1.82) is 0 Å². The number of allylic oxidation sites excluding steroid dienone is 1. The molecule has 4 bridgehead atoms. The maximum Gasteiger partial charge on any atom is 0.326 e. The molecule has 5 aliphatic rings. The number of carbonyl (C=O) groups is 1. The maximum absolute atomic E-state index is 12.1. The lowest BCUT2D eigenvalue weighted by Crippen LogP contribution is -2.57. The van der Waals surface area contributed by atoms with Gasteiger partial charge in [0.1, 0.15) is 6.04 Å². The second-order valence-corrected chi connectivity index (χ2v) is 12.8. The van der Waals surface area contributed by atoms with Crippen LogP contribution in [0.1, 0.15) is 89.5 Å². The van der Waals surface area contributed by atoms with Crippen LogP contribution in [-0.2, 0) is 4.79 Å². The van der Waals surface area contributed by atoms with Crippen molar-refractivity contribution < 1.29 is 9.90 Å². The zero-order chi connectivity index (χ0) is 25.1. The molecule has 2 aromatic rings. The summed E-state index contributed by atoms with van der Waals surface area (Å²) < 4.78 is 2.46. The molecule has 4 heterocycles. The van der Waals surface area contributed by atoms with E-state index in [1.54, 1.807) is 0 Å². The minimum Gasteiger partial charge on any atom is -0.480 e. The molecule has 1 N–H and O–H groups in total. The molecule has 1 aromatic heterocycles. The maximum atomic E-state index is 12.1. The predicted molar refractivity (Wildman–Crippen MR) is 147 cm³/mol. The van der Waals surface area contributed by atoms with Crippen molar-refractivity contribution in [3.63, 3.8) is 0 Å². The van der Waals surface area contributed by atoms with E-state index in [1.807, 2.05) is 0 Å². The molecule has 6 nitrogen and oxygen atoms in total. The van der Waals surface area contributed by atoms with E-state index < -0.39 is 12.0 Å². The summed E-state index contributed by atoms with van der Waals surface area (Å²) in [6, 6.07) is 10.3. The van der Waals surface area contributed by atoms with Crippen LogP contribution < -0.4 is 4.90 Å². The van der Waals surface area contributed by atoms with Crippen LogP contribution in [0.4, 0.5) is 5.95 Å². The molecule has 2 aliphatic carbocycles. The van der Waals surface area contributed by atoms with Crippen molar-refractivity contribution in [2.24, 2.45) is 11.8 Å². The SMILES string of the molecule is C=C1C[C@@H]2CCC[C@H]1C[C@H](N1[C@@H]3CCC[C@H]1C[C@@H](n1c(N4CCC[C@H]4C(=O)O)nc4ccccc41)C3)C2. The van der Waals surface area contributed by atoms with Gasteiger partial charge in [-0.25, -0.2) is 9.78 Å². The third-order valence-electron chi connectivity index (χ3n) is 10.6. The molecule has 0 amide bonds. The fourth-order valence-electron chi connectivity index (χ4n) is 9.09. The summed E-state index contributed by atoms with van der Waals surface area (Å²) in [6.45, 7) is 5.31. The molecule has 198 valence electrons. The normalized spacial score (nSPS) is 36.6. The minimum absolute atomic E-state index is 0.379. The van der Waals surface area contributed by atoms with E-state index >= 15 is 0 Å². The Morgan fingerprint density at radius 1 is 0.892 bits per heavy atom. The summed E-state index contributed by atoms with van der Waals surface area (Å²) in [5.74, 6) is 1.73. The molecule has 7 rings (SSSR count). The fourth-order valence-corrected chi connectivity index (χ4v) is 9.09. The summed E-state index contributed by atoms with van der Waals surface area (Å²) in [5.41, 5.74) is 3.71. The first-order valence-electron chi connectivity index (χ1n) is 15.0. The zero-order valence-corrected chi connectivity index (χ0v) is 22.1. The molecule has 0 radical (unpaired) electrons. The number of benzene rings is 1. The van der Waals surface area contributed by atoms with Crippen LogP contribution in [-0.4, -0.2) is 56.2 Å². The van der Waals surface area contributed by atoms with Crippen LogP contribution in [0.5, 0.6) is 0 Å². The van der Waals surface area contributed by atoms with Crippen LogP contribution in [0, 0.1) is 11.8 Å². The topological polar surface area (TPSA) is 61.6 Å². The number of anilines is 1. The number of piperidine rings is 2. The molecule has 6 heteroatoms. The van der Waals surface area contributed by atoms with Gasteiger partial charge in [0.05, 0.1) is 11.0 Å². The highest BCUT2D eigenvalue weighted by molar-refractivity contribution is 5.82. The Bertz CT molecular complexity index is 1180. The molecular weight excluding hydrogens is 460 g/mol. The summed E-state index contributed by atoms with van der Waals surface area (Å²) in [7, 11) is 0. The summed E-state index contributed by atoms with van der Waals surface area (Å²) in [5, 5.41) is 9.95. The molecule has 0 spiro atoms. The van der Waals surface area contributed by atoms with Crippen molar-refractivity contribution in [1.82, 2.24) is 14.5 Å². The highest BCUT2D eigenvalue weighted by atomic mass is 16.4. The third kappa shape index (κ3) is 4.10. The Kier molecular flexibility index (Phi) is 6.06. The molecule has 1 aromatic carbocycles. The average molecular weight is 503 g/mol. The predicted octanol–water partition coefficient (Wildman–Crippen LogP) is 6.17. The Labute approximate surface area is 220 Å². The number of hydrogen-bond donors (Lipinski definition) is 1. The summed E-state index contributed by atoms with van der Waals surface area (Å²) in [4.78, 5) is 22.3. The van der Waals surface area contributed by atoms with Crippen LogP contribution in [0.3, 0.4) is 0 Å². The molecule has 0 unspecified atom stereocenters. The third-order valence-corrected chi connectivity index (χ3v) is 10.6. The van der Waals surface area contributed by atoms with Crippen LogP contribution >= 0.6 is 0 Å². The second kappa shape index (κ2) is 9.44. The molecule has 3 aliphatic heterocycles. The quantitative estimate of drug-likeness (QED) is 0.507. The Hall–Kier alpha value is -2.34. The van der Waals surface area contributed by atoms with E-state index in [1.165, 1.54) is 68.9 Å². The number of hydrogen-bond acceptors (Lipinski definition) is 4. The van der Waals surface area contributed by atoms with Gasteiger partial charge in [-0.15, -0.1) is 0 Å². The highest BCUT2D eigenvalue weighted by Crippen LogP contribution is 2.48. The zero-order valence-electron chi connectivity index (χ0n) is 22.1. The van der Waals surface area contributed by atoms with Crippen LogP contribution in [0.2, 0.25) is 0 Å². The standard InChI is InChI=1S/C31H42N4O2/c1-20-15-21-7-4-8-22(20)17-25(16-21)34-23-9-5-10-24(34)19-26(18-23)35-28-12-3-2-11-27(28)32-31(35)33-14-6-13-29(33)30(36)37/h2-3,11-12,21-26,29H,1,4-10,13-19H2,(H,36,37)/t21-,22-,23-,24+,25+,26+,29-/m0/s1. The molecule has 7 atom stereocenters. The summed E-state index contributed by atoms with van der Waals surface area (Å²) >= 11 is 0. The van der Waals surface area contributed by atoms with Gasteiger partial charge < -0.3 is 14.6 Å². The largest absolute Gasteiger partial charge is 0.480 e. The van der Waals surface area contributed by atoms with Gasteiger partial charge in [0.25, 0.3) is 0 Å². The Morgan fingerprint density at radius 2 is 1.68 bits per heavy atom. The first-order valence-corrected chi connectivity index (χ1v) is 15.0. The molecule has 5 fully saturated rings. The molecule has 37 heavy (non-hydrogen) atoms. The fraction of sp³-hybridized carbons (Fsp3) is 0.677. The number of para-hydroxylation sites is 2. The highest BCUT2D eigenvalue weighted by Gasteiger charge is 2.46. The monoisotopic (exact) mass is 502 g/mol. The lowest BCUT2D eigenvalue weighted by Gasteiger charge is -2.53. The number of rotatable bonds is 4. The van der Waals surface area contributed by atoms with E-state index in [0.29, 0.717) is 30.6 Å². The first-order chi connectivity index (χ1) is 18.1. The van der Waals surface area contributed by atoms with E-state index in [9.17, 15) is 9.90 Å².